The van der Waals surface area contributed by atoms with Crippen LogP contribution in [0.5, 0.6) is 0 Å². The Bertz CT molecular complexity index is 531. The minimum Gasteiger partial charge on any atom is -0.398 e. The first kappa shape index (κ1) is 15.4. The number of amides is 1. The molecule has 0 heterocycles. The van der Waals surface area contributed by atoms with Gasteiger partial charge in [0.05, 0.1) is 5.75 Å². The van der Waals surface area contributed by atoms with Crippen molar-refractivity contribution in [3.05, 3.63) is 34.4 Å². The van der Waals surface area contributed by atoms with Crippen LogP contribution in [0.2, 0.25) is 0 Å². The predicted octanol–water partition coefficient (Wildman–Crippen LogP) is 4.04. The first-order chi connectivity index (χ1) is 9.61. The topological polar surface area (TPSA) is 46.3 Å². The van der Waals surface area contributed by atoms with Crippen molar-refractivity contribution in [1.82, 2.24) is 4.90 Å². The second-order valence-corrected chi connectivity index (χ2v) is 6.63. The molecule has 1 aliphatic carbocycles. The molecule has 1 aromatic rings. The fourth-order valence-corrected chi connectivity index (χ4v) is 3.51. The molecule has 0 radical (unpaired) electrons. The van der Waals surface area contributed by atoms with Gasteiger partial charge in [0, 0.05) is 27.3 Å². The number of allylic oxidation sites excluding steroid dienone is 2. The monoisotopic (exact) mass is 354 g/mol. The molecule has 108 valence electrons. The second kappa shape index (κ2) is 7.18. The standard InChI is InChI=1S/C15H19BrN2OS/c1-2-18(12-5-3-4-6-12)15(19)10-20-14-8-7-11(16)9-13(14)17/h5,7-9H,2-4,6,10,17H2,1H3. The van der Waals surface area contributed by atoms with E-state index in [9.17, 15) is 4.79 Å². The molecule has 0 atom stereocenters. The summed E-state index contributed by atoms with van der Waals surface area (Å²) in [6.07, 6.45) is 5.45. The molecule has 0 aliphatic heterocycles. The fourth-order valence-electron chi connectivity index (χ4n) is 2.31. The van der Waals surface area contributed by atoms with Gasteiger partial charge in [0.2, 0.25) is 5.91 Å². The van der Waals surface area contributed by atoms with E-state index in [2.05, 4.69) is 22.0 Å². The SMILES string of the molecule is CCN(C(=O)CSc1ccc(Br)cc1N)C1=CCCC1. The molecular formula is C15H19BrN2OS. The van der Waals surface area contributed by atoms with Gasteiger partial charge in [-0.05, 0) is 44.4 Å². The second-order valence-electron chi connectivity index (χ2n) is 4.70. The molecular weight excluding hydrogens is 336 g/mol. The minimum atomic E-state index is 0.160. The first-order valence-corrected chi connectivity index (χ1v) is 8.57. The van der Waals surface area contributed by atoms with Gasteiger partial charge in [0.1, 0.15) is 0 Å². The third-order valence-electron chi connectivity index (χ3n) is 3.30. The lowest BCUT2D eigenvalue weighted by Gasteiger charge is -2.22. The van der Waals surface area contributed by atoms with Gasteiger partial charge >= 0.3 is 0 Å². The highest BCUT2D eigenvalue weighted by atomic mass is 79.9. The number of hydrogen-bond donors (Lipinski definition) is 1. The molecule has 0 saturated carbocycles. The van der Waals surface area contributed by atoms with Crippen molar-refractivity contribution in [2.24, 2.45) is 0 Å². The summed E-state index contributed by atoms with van der Waals surface area (Å²) in [4.78, 5) is 15.2. The number of carbonyl (C=O) groups is 1. The van der Waals surface area contributed by atoms with E-state index in [1.165, 1.54) is 17.5 Å². The van der Waals surface area contributed by atoms with Crippen LogP contribution in [0.1, 0.15) is 26.2 Å². The minimum absolute atomic E-state index is 0.160. The maximum absolute atomic E-state index is 12.3. The molecule has 1 amide bonds. The third-order valence-corrected chi connectivity index (χ3v) is 4.87. The average Bonchev–Trinajstić information content (AvgIpc) is 2.92. The van der Waals surface area contributed by atoms with Crippen LogP contribution in [-0.4, -0.2) is 23.1 Å². The van der Waals surface area contributed by atoms with Crippen LogP contribution in [0.15, 0.2) is 39.3 Å². The van der Waals surface area contributed by atoms with Crippen molar-refractivity contribution >= 4 is 39.3 Å². The van der Waals surface area contributed by atoms with Gasteiger partial charge in [0.25, 0.3) is 0 Å². The van der Waals surface area contributed by atoms with Crippen molar-refractivity contribution in [3.63, 3.8) is 0 Å². The Morgan fingerprint density at radius 3 is 2.90 bits per heavy atom. The summed E-state index contributed by atoms with van der Waals surface area (Å²) in [7, 11) is 0. The zero-order valence-corrected chi connectivity index (χ0v) is 14.0. The van der Waals surface area contributed by atoms with Gasteiger partial charge in [0.15, 0.2) is 0 Å². The number of nitrogen functional groups attached to an aromatic ring is 1. The predicted molar refractivity (Wildman–Crippen MR) is 88.6 cm³/mol. The molecule has 2 rings (SSSR count). The highest BCUT2D eigenvalue weighted by molar-refractivity contribution is 9.10. The van der Waals surface area contributed by atoms with E-state index in [0.717, 1.165) is 35.2 Å². The van der Waals surface area contributed by atoms with Crippen LogP contribution in [0.25, 0.3) is 0 Å². The van der Waals surface area contributed by atoms with Crippen LogP contribution in [0.4, 0.5) is 5.69 Å². The van der Waals surface area contributed by atoms with Gasteiger partial charge in [-0.15, -0.1) is 11.8 Å². The maximum atomic E-state index is 12.3. The molecule has 3 nitrogen and oxygen atoms in total. The molecule has 0 unspecified atom stereocenters. The number of nitrogens with zero attached hydrogens (tertiary/aromatic N) is 1. The third kappa shape index (κ3) is 3.79. The van der Waals surface area contributed by atoms with E-state index >= 15 is 0 Å². The van der Waals surface area contributed by atoms with Crippen molar-refractivity contribution in [2.45, 2.75) is 31.1 Å². The van der Waals surface area contributed by atoms with E-state index in [4.69, 9.17) is 5.73 Å². The number of rotatable bonds is 5. The maximum Gasteiger partial charge on any atom is 0.237 e. The zero-order chi connectivity index (χ0) is 14.5. The average molecular weight is 355 g/mol. The summed E-state index contributed by atoms with van der Waals surface area (Å²) in [6.45, 7) is 2.76. The summed E-state index contributed by atoms with van der Waals surface area (Å²) < 4.78 is 0.956. The van der Waals surface area contributed by atoms with E-state index in [0.29, 0.717) is 11.4 Å². The van der Waals surface area contributed by atoms with Gasteiger partial charge < -0.3 is 10.6 Å². The van der Waals surface area contributed by atoms with Crippen LogP contribution in [-0.2, 0) is 4.79 Å². The fraction of sp³-hybridized carbons (Fsp3) is 0.400. The van der Waals surface area contributed by atoms with Crippen molar-refractivity contribution in [1.29, 1.82) is 0 Å². The van der Waals surface area contributed by atoms with Gasteiger partial charge in [-0.25, -0.2) is 0 Å². The molecule has 1 aromatic carbocycles. The van der Waals surface area contributed by atoms with Crippen LogP contribution in [0, 0.1) is 0 Å². The van der Waals surface area contributed by atoms with Crippen LogP contribution in [0.3, 0.4) is 0 Å². The van der Waals surface area contributed by atoms with Crippen molar-refractivity contribution < 1.29 is 4.79 Å². The summed E-state index contributed by atoms with van der Waals surface area (Å²) in [5, 5.41) is 0. The Morgan fingerprint density at radius 2 is 2.30 bits per heavy atom. The van der Waals surface area contributed by atoms with Gasteiger partial charge in [-0.1, -0.05) is 22.0 Å². The Morgan fingerprint density at radius 1 is 1.50 bits per heavy atom. The van der Waals surface area contributed by atoms with Gasteiger partial charge in [-0.2, -0.15) is 0 Å². The number of halogens is 1. The summed E-state index contributed by atoms with van der Waals surface area (Å²) >= 11 is 4.89. The number of benzene rings is 1. The van der Waals surface area contributed by atoms with E-state index in [1.807, 2.05) is 30.0 Å². The van der Waals surface area contributed by atoms with Gasteiger partial charge in [-0.3, -0.25) is 4.79 Å². The summed E-state index contributed by atoms with van der Waals surface area (Å²) in [5.41, 5.74) is 7.84. The zero-order valence-electron chi connectivity index (χ0n) is 11.6. The summed E-state index contributed by atoms with van der Waals surface area (Å²) in [5.74, 6) is 0.588. The largest absolute Gasteiger partial charge is 0.398 e. The molecule has 0 fully saturated rings. The van der Waals surface area contributed by atoms with Crippen LogP contribution < -0.4 is 5.73 Å². The highest BCUT2D eigenvalue weighted by Crippen LogP contribution is 2.29. The normalized spacial score (nSPS) is 14.2. The van der Waals surface area contributed by atoms with E-state index < -0.39 is 0 Å². The lowest BCUT2D eigenvalue weighted by atomic mass is 10.3. The summed E-state index contributed by atoms with van der Waals surface area (Å²) in [6, 6.07) is 5.76. The van der Waals surface area contributed by atoms with E-state index in [1.54, 1.807) is 0 Å². The molecule has 20 heavy (non-hydrogen) atoms. The molecule has 1 aliphatic rings. The number of thioether (sulfide) groups is 1. The first-order valence-electron chi connectivity index (χ1n) is 6.79. The Kier molecular flexibility index (Phi) is 5.54. The number of hydrogen-bond acceptors (Lipinski definition) is 3. The lowest BCUT2D eigenvalue weighted by molar-refractivity contribution is -0.126. The highest BCUT2D eigenvalue weighted by Gasteiger charge is 2.18. The Balaban J connectivity index is 1.97. The molecule has 5 heteroatoms. The molecule has 2 N–H and O–H groups in total. The molecule has 0 bridgehead atoms. The van der Waals surface area contributed by atoms with Crippen LogP contribution >= 0.6 is 27.7 Å². The number of anilines is 1. The Labute approximate surface area is 132 Å². The number of nitrogens with two attached hydrogens (primary N) is 1. The lowest BCUT2D eigenvalue weighted by Crippen LogP contribution is -2.31. The van der Waals surface area contributed by atoms with E-state index in [-0.39, 0.29) is 5.91 Å². The molecule has 0 spiro atoms. The van der Waals surface area contributed by atoms with Crippen molar-refractivity contribution in [3.8, 4) is 0 Å². The number of carbonyl (C=O) groups excluding carboxylic acids is 1. The molecule has 0 aromatic heterocycles. The van der Waals surface area contributed by atoms with Crippen molar-refractivity contribution in [2.75, 3.05) is 18.0 Å². The Hall–Kier alpha value is -0.940. The smallest absolute Gasteiger partial charge is 0.237 e. The quantitative estimate of drug-likeness (QED) is 0.641. The molecule has 0 saturated heterocycles.